The van der Waals surface area contributed by atoms with Gasteiger partial charge in [0.2, 0.25) is 0 Å². The largest absolute Gasteiger partial charge is 1.00 e. The fourth-order valence-corrected chi connectivity index (χ4v) is 3.41. The molecule has 0 saturated heterocycles. The highest BCUT2D eigenvalue weighted by molar-refractivity contribution is 9.09. The molecular weight excluding hydrogens is 366 g/mol. The number of hydrogen-bond donors (Lipinski definition) is 0. The fourth-order valence-electron chi connectivity index (χ4n) is 2.56. The third-order valence-electron chi connectivity index (χ3n) is 3.98. The van der Waals surface area contributed by atoms with Crippen molar-refractivity contribution in [1.82, 2.24) is 0 Å². The second kappa shape index (κ2) is 15.3. The molecule has 0 radical (unpaired) electrons. The summed E-state index contributed by atoms with van der Waals surface area (Å²) in [4.78, 5) is 0. The number of unbranched alkanes of at least 4 members (excludes halogenated alkanes) is 7. The molecule has 0 N–H and O–H groups in total. The Balaban J connectivity index is 0. The van der Waals surface area contributed by atoms with E-state index in [1.54, 1.807) is 0 Å². The minimum absolute atomic E-state index is 0. The van der Waals surface area contributed by atoms with E-state index in [-0.39, 0.29) is 17.0 Å². The normalized spacial score (nSPS) is 13.9. The number of hydrogen-bond acceptors (Lipinski definition) is 0. The molecule has 0 aromatic carbocycles. The average molecular weight is 401 g/mol. The monoisotopic (exact) mass is 399 g/mol. The predicted molar refractivity (Wildman–Crippen MR) is 87.5 cm³/mol. The van der Waals surface area contributed by atoms with E-state index in [9.17, 15) is 0 Å². The molecule has 1 nitrogen and oxygen atoms in total. The van der Waals surface area contributed by atoms with Crippen LogP contribution in [0.2, 0.25) is 0 Å². The third-order valence-corrected chi connectivity index (χ3v) is 4.33. The van der Waals surface area contributed by atoms with Crippen LogP contribution in [-0.4, -0.2) is 36.5 Å². The second-order valence-corrected chi connectivity index (χ2v) is 6.75. The maximum atomic E-state index is 3.63. The Labute approximate surface area is 141 Å². The Kier molecular flexibility index (Phi) is 17.9. The highest BCUT2D eigenvalue weighted by Crippen LogP contribution is 2.12. The van der Waals surface area contributed by atoms with E-state index in [1.807, 2.05) is 0 Å². The van der Waals surface area contributed by atoms with E-state index >= 15 is 0 Å². The molecule has 0 saturated carbocycles. The van der Waals surface area contributed by atoms with Gasteiger partial charge in [0.25, 0.3) is 0 Å². The van der Waals surface area contributed by atoms with Crippen molar-refractivity contribution < 1.29 is 21.5 Å². The lowest BCUT2D eigenvalue weighted by molar-refractivity contribution is -0.907. The summed E-state index contributed by atoms with van der Waals surface area (Å²) in [7, 11) is 2.45. The summed E-state index contributed by atoms with van der Waals surface area (Å²) in [6.07, 6.45) is 12.6. The fraction of sp³-hybridized carbons (Fsp3) is 1.00. The smallest absolute Gasteiger partial charge is 0.0883 e. The standard InChI is InChI=1S/C16H35BrN.BrH/c1-4-6-8-10-12-15-18(3,16-13-17)14-11-9-7-5-2;/h4-16H2,1-3H3;1H/q+1;/p-1. The molecule has 0 rings (SSSR count). The van der Waals surface area contributed by atoms with Gasteiger partial charge in [-0.25, -0.2) is 0 Å². The molecular formula is C16H35Br2N. The molecule has 19 heavy (non-hydrogen) atoms. The molecule has 0 fully saturated rings. The second-order valence-electron chi connectivity index (χ2n) is 5.95. The number of alkyl halides is 1. The first-order valence-corrected chi connectivity index (χ1v) is 9.20. The molecule has 0 aliphatic rings. The van der Waals surface area contributed by atoms with Crippen LogP contribution in [-0.2, 0) is 0 Å². The molecule has 0 aromatic rings. The lowest BCUT2D eigenvalue weighted by Gasteiger charge is -2.34. The first-order chi connectivity index (χ1) is 8.68. The Morgan fingerprint density at radius 3 is 1.53 bits per heavy atom. The Morgan fingerprint density at radius 2 is 1.11 bits per heavy atom. The van der Waals surface area contributed by atoms with Crippen LogP contribution >= 0.6 is 15.9 Å². The molecule has 0 amide bonds. The maximum Gasteiger partial charge on any atom is 0.0883 e. The maximum absolute atomic E-state index is 3.63. The molecule has 0 aromatic heterocycles. The summed E-state index contributed by atoms with van der Waals surface area (Å²) in [5.74, 6) is 0. The summed E-state index contributed by atoms with van der Waals surface area (Å²) >= 11 is 3.63. The summed E-state index contributed by atoms with van der Waals surface area (Å²) < 4.78 is 1.28. The SMILES string of the molecule is CCCCCCC[N+](C)(CCBr)CCCCCC.[Br-]. The molecule has 118 valence electrons. The number of halogens is 2. The first-order valence-electron chi connectivity index (χ1n) is 8.08. The van der Waals surface area contributed by atoms with Crippen molar-refractivity contribution in [3.8, 4) is 0 Å². The van der Waals surface area contributed by atoms with Crippen molar-refractivity contribution in [2.45, 2.75) is 71.6 Å². The molecule has 0 aliphatic carbocycles. The van der Waals surface area contributed by atoms with Gasteiger partial charge < -0.3 is 21.5 Å². The molecule has 0 heterocycles. The molecule has 0 spiro atoms. The van der Waals surface area contributed by atoms with Crippen LogP contribution in [0.5, 0.6) is 0 Å². The number of rotatable bonds is 13. The van der Waals surface area contributed by atoms with E-state index in [0.717, 1.165) is 5.33 Å². The Morgan fingerprint density at radius 1 is 0.684 bits per heavy atom. The van der Waals surface area contributed by atoms with Crippen molar-refractivity contribution in [1.29, 1.82) is 0 Å². The van der Waals surface area contributed by atoms with Gasteiger partial charge in [0.15, 0.2) is 0 Å². The van der Waals surface area contributed by atoms with Gasteiger partial charge in [-0.2, -0.15) is 0 Å². The van der Waals surface area contributed by atoms with E-state index in [4.69, 9.17) is 0 Å². The van der Waals surface area contributed by atoms with Gasteiger partial charge in [0.1, 0.15) is 0 Å². The van der Waals surface area contributed by atoms with Gasteiger partial charge >= 0.3 is 0 Å². The molecule has 3 heteroatoms. The van der Waals surface area contributed by atoms with Crippen LogP contribution in [0.25, 0.3) is 0 Å². The van der Waals surface area contributed by atoms with E-state index in [0.29, 0.717) is 0 Å². The zero-order valence-electron chi connectivity index (χ0n) is 13.4. The van der Waals surface area contributed by atoms with Crippen molar-refractivity contribution in [3.63, 3.8) is 0 Å². The van der Waals surface area contributed by atoms with Crippen molar-refractivity contribution in [3.05, 3.63) is 0 Å². The van der Waals surface area contributed by atoms with Crippen molar-refractivity contribution in [2.24, 2.45) is 0 Å². The van der Waals surface area contributed by atoms with Crippen LogP contribution in [0, 0.1) is 0 Å². The lowest BCUT2D eigenvalue weighted by atomic mass is 10.1. The minimum Gasteiger partial charge on any atom is -1.00 e. The number of quaternary nitrogens is 1. The molecule has 1 atom stereocenters. The van der Waals surface area contributed by atoms with Crippen LogP contribution in [0.4, 0.5) is 0 Å². The van der Waals surface area contributed by atoms with Gasteiger partial charge in [-0.3, -0.25) is 0 Å². The Hall–Kier alpha value is 0.920. The third kappa shape index (κ3) is 13.7. The van der Waals surface area contributed by atoms with Gasteiger partial charge in [-0.1, -0.05) is 61.9 Å². The van der Waals surface area contributed by atoms with Crippen molar-refractivity contribution >= 4 is 15.9 Å². The minimum atomic E-state index is 0. The zero-order valence-corrected chi connectivity index (χ0v) is 16.6. The van der Waals surface area contributed by atoms with Gasteiger partial charge in [-0.15, -0.1) is 0 Å². The van der Waals surface area contributed by atoms with E-state index < -0.39 is 0 Å². The van der Waals surface area contributed by atoms with Crippen molar-refractivity contribution in [2.75, 3.05) is 32.0 Å². The first kappa shape index (κ1) is 22.2. The summed E-state index contributed by atoms with van der Waals surface area (Å²) in [5, 5.41) is 1.15. The van der Waals surface area contributed by atoms with Gasteiger partial charge in [0.05, 0.1) is 32.0 Å². The summed E-state index contributed by atoms with van der Waals surface area (Å²) in [5.41, 5.74) is 0. The highest BCUT2D eigenvalue weighted by Gasteiger charge is 2.19. The van der Waals surface area contributed by atoms with E-state index in [1.165, 1.54) is 81.9 Å². The molecule has 0 aliphatic heterocycles. The van der Waals surface area contributed by atoms with Gasteiger partial charge in [0, 0.05) is 0 Å². The zero-order chi connectivity index (χ0) is 13.7. The Bertz CT molecular complexity index is 176. The number of nitrogens with zero attached hydrogens (tertiary/aromatic N) is 1. The lowest BCUT2D eigenvalue weighted by Crippen LogP contribution is -3.00. The summed E-state index contributed by atoms with van der Waals surface area (Å²) in [6.45, 7) is 8.62. The predicted octanol–water partition coefficient (Wildman–Crippen LogP) is 2.38. The summed E-state index contributed by atoms with van der Waals surface area (Å²) in [6, 6.07) is 0. The average Bonchev–Trinajstić information content (AvgIpc) is 2.35. The van der Waals surface area contributed by atoms with Crippen LogP contribution in [0.1, 0.15) is 71.6 Å². The quantitative estimate of drug-likeness (QED) is 0.253. The van der Waals surface area contributed by atoms with Crippen LogP contribution in [0.15, 0.2) is 0 Å². The highest BCUT2D eigenvalue weighted by atomic mass is 79.9. The van der Waals surface area contributed by atoms with Crippen LogP contribution in [0.3, 0.4) is 0 Å². The molecule has 0 bridgehead atoms. The van der Waals surface area contributed by atoms with Gasteiger partial charge in [-0.05, 0) is 25.7 Å². The van der Waals surface area contributed by atoms with Crippen LogP contribution < -0.4 is 17.0 Å². The van der Waals surface area contributed by atoms with E-state index in [2.05, 4.69) is 36.8 Å². The topological polar surface area (TPSA) is 0 Å². The molecule has 1 unspecified atom stereocenters.